The molecule has 1 aromatic rings. The van der Waals surface area contributed by atoms with E-state index in [4.69, 9.17) is 0 Å². The molecule has 2 saturated heterocycles. The van der Waals surface area contributed by atoms with Crippen molar-refractivity contribution in [3.05, 3.63) is 29.3 Å². The summed E-state index contributed by atoms with van der Waals surface area (Å²) >= 11 is 0. The first kappa shape index (κ1) is 18.5. The van der Waals surface area contributed by atoms with Crippen LogP contribution in [0.2, 0.25) is 0 Å². The zero-order chi connectivity index (χ0) is 19.0. The minimum Gasteiger partial charge on any atom is -0.345 e. The summed E-state index contributed by atoms with van der Waals surface area (Å²) < 4.78 is 0. The van der Waals surface area contributed by atoms with Gasteiger partial charge in [-0.05, 0) is 69.2 Å². The Bertz CT molecular complexity index is 737. The van der Waals surface area contributed by atoms with Gasteiger partial charge in [0, 0.05) is 32.2 Å². The molecule has 0 radical (unpaired) electrons. The number of carbonyl (C=O) groups excluding carboxylic acids is 2. The first-order chi connectivity index (χ1) is 13.0. The Morgan fingerprint density at radius 2 is 1.89 bits per heavy atom. The topological polar surface area (TPSA) is 43.9 Å². The number of likely N-dealkylation sites (tertiary alicyclic amines) is 2. The van der Waals surface area contributed by atoms with Gasteiger partial charge < -0.3 is 9.80 Å². The second-order valence-corrected chi connectivity index (χ2v) is 8.81. The number of anilines is 1. The minimum atomic E-state index is 0.228. The van der Waals surface area contributed by atoms with E-state index >= 15 is 0 Å². The Morgan fingerprint density at radius 1 is 1.11 bits per heavy atom. The van der Waals surface area contributed by atoms with E-state index < -0.39 is 0 Å². The summed E-state index contributed by atoms with van der Waals surface area (Å²) in [6, 6.07) is 6.44. The molecule has 0 saturated carbocycles. The first-order valence-electron chi connectivity index (χ1n) is 10.3. The highest BCUT2D eigenvalue weighted by molar-refractivity contribution is 5.96. The molecular formula is C22H31N3O2. The van der Waals surface area contributed by atoms with Crippen molar-refractivity contribution in [3.63, 3.8) is 0 Å². The minimum absolute atomic E-state index is 0.228. The van der Waals surface area contributed by atoms with Crippen LogP contribution < -0.4 is 4.90 Å². The summed E-state index contributed by atoms with van der Waals surface area (Å²) in [6.45, 7) is 6.26. The maximum absolute atomic E-state index is 13.0. The highest BCUT2D eigenvalue weighted by atomic mass is 16.2. The fourth-order valence-corrected chi connectivity index (χ4v) is 5.09. The van der Waals surface area contributed by atoms with Gasteiger partial charge in [0.15, 0.2) is 0 Å². The van der Waals surface area contributed by atoms with Gasteiger partial charge >= 0.3 is 0 Å². The second-order valence-electron chi connectivity index (χ2n) is 8.81. The number of fused-ring (bicyclic) bond motifs is 1. The summed E-state index contributed by atoms with van der Waals surface area (Å²) in [5, 5.41) is 0. The van der Waals surface area contributed by atoms with E-state index in [9.17, 15) is 9.59 Å². The number of amides is 2. The lowest BCUT2D eigenvalue weighted by atomic mass is 9.72. The van der Waals surface area contributed by atoms with Crippen LogP contribution in [-0.2, 0) is 16.0 Å². The molecule has 0 bridgehead atoms. The molecule has 0 atom stereocenters. The van der Waals surface area contributed by atoms with Gasteiger partial charge in [0.1, 0.15) is 0 Å². The van der Waals surface area contributed by atoms with Crippen molar-refractivity contribution in [2.75, 3.05) is 44.7 Å². The lowest BCUT2D eigenvalue weighted by molar-refractivity contribution is -0.137. The Labute approximate surface area is 162 Å². The second kappa shape index (κ2) is 7.27. The number of carbonyl (C=O) groups is 2. The van der Waals surface area contributed by atoms with E-state index in [2.05, 4.69) is 30.0 Å². The number of rotatable bonds is 2. The SMILES string of the molecule is Cc1ccc2c(c1)CCCN2C(=O)CN1CCC2(CCC(=O)N(C)C2)CC1. The molecule has 0 aliphatic carbocycles. The van der Waals surface area contributed by atoms with Crippen LogP contribution in [0, 0.1) is 12.3 Å². The number of benzene rings is 1. The van der Waals surface area contributed by atoms with Crippen molar-refractivity contribution in [1.29, 1.82) is 0 Å². The van der Waals surface area contributed by atoms with Gasteiger partial charge in [-0.2, -0.15) is 0 Å². The quantitative estimate of drug-likeness (QED) is 0.805. The molecule has 27 heavy (non-hydrogen) atoms. The smallest absolute Gasteiger partial charge is 0.241 e. The van der Waals surface area contributed by atoms with Crippen LogP contribution in [0.3, 0.4) is 0 Å². The summed E-state index contributed by atoms with van der Waals surface area (Å²) in [5.41, 5.74) is 3.96. The third kappa shape index (κ3) is 3.75. The van der Waals surface area contributed by atoms with Crippen molar-refractivity contribution in [3.8, 4) is 0 Å². The van der Waals surface area contributed by atoms with Crippen molar-refractivity contribution < 1.29 is 9.59 Å². The predicted octanol–water partition coefficient (Wildman–Crippen LogP) is 2.61. The van der Waals surface area contributed by atoms with E-state index in [1.807, 2.05) is 16.8 Å². The average molecular weight is 370 g/mol. The van der Waals surface area contributed by atoms with E-state index in [0.717, 1.165) is 64.0 Å². The molecule has 5 nitrogen and oxygen atoms in total. The van der Waals surface area contributed by atoms with Crippen LogP contribution >= 0.6 is 0 Å². The van der Waals surface area contributed by atoms with E-state index in [0.29, 0.717) is 13.0 Å². The lowest BCUT2D eigenvalue weighted by Crippen LogP contribution is -2.52. The molecule has 2 fully saturated rings. The van der Waals surface area contributed by atoms with Gasteiger partial charge in [-0.1, -0.05) is 17.7 Å². The number of aryl methyl sites for hydroxylation is 2. The lowest BCUT2D eigenvalue weighted by Gasteiger charge is -2.46. The molecule has 3 aliphatic rings. The summed E-state index contributed by atoms with van der Waals surface area (Å²) in [6.07, 6.45) is 5.99. The van der Waals surface area contributed by atoms with Crippen molar-refractivity contribution >= 4 is 17.5 Å². The molecule has 0 aromatic heterocycles. The zero-order valence-electron chi connectivity index (χ0n) is 16.7. The van der Waals surface area contributed by atoms with Crippen molar-refractivity contribution in [2.45, 2.75) is 45.4 Å². The van der Waals surface area contributed by atoms with Crippen LogP contribution in [0.15, 0.2) is 18.2 Å². The average Bonchev–Trinajstić information content (AvgIpc) is 2.66. The number of piperidine rings is 2. The van der Waals surface area contributed by atoms with E-state index in [1.165, 1.54) is 11.1 Å². The fraction of sp³-hybridized carbons (Fsp3) is 0.636. The largest absolute Gasteiger partial charge is 0.345 e. The Morgan fingerprint density at radius 3 is 2.63 bits per heavy atom. The molecule has 1 aromatic carbocycles. The molecule has 146 valence electrons. The number of nitrogens with zero attached hydrogens (tertiary/aromatic N) is 3. The van der Waals surface area contributed by atoms with Gasteiger partial charge in [0.05, 0.1) is 6.54 Å². The standard InChI is InChI=1S/C22H31N3O2/c1-17-5-6-19-18(14-17)4-3-11-25(19)21(27)15-24-12-9-22(10-13-24)8-7-20(26)23(2)16-22/h5-6,14H,3-4,7-13,15-16H2,1-2H3. The summed E-state index contributed by atoms with van der Waals surface area (Å²) in [7, 11) is 1.93. The molecule has 0 N–H and O–H groups in total. The first-order valence-corrected chi connectivity index (χ1v) is 10.3. The van der Waals surface area contributed by atoms with Crippen molar-refractivity contribution in [2.24, 2.45) is 5.41 Å². The number of hydrogen-bond acceptors (Lipinski definition) is 3. The molecule has 5 heteroatoms. The maximum atomic E-state index is 13.0. The van der Waals surface area contributed by atoms with Crippen LogP contribution in [0.1, 0.15) is 43.2 Å². The zero-order valence-corrected chi connectivity index (χ0v) is 16.7. The van der Waals surface area contributed by atoms with Crippen molar-refractivity contribution in [1.82, 2.24) is 9.80 Å². The van der Waals surface area contributed by atoms with Gasteiger partial charge in [0.2, 0.25) is 11.8 Å². The third-order valence-electron chi connectivity index (χ3n) is 6.80. The fourth-order valence-electron chi connectivity index (χ4n) is 5.09. The molecule has 1 spiro atoms. The summed E-state index contributed by atoms with van der Waals surface area (Å²) in [5.74, 6) is 0.504. The van der Waals surface area contributed by atoms with Gasteiger partial charge in [-0.3, -0.25) is 14.5 Å². The van der Waals surface area contributed by atoms with Gasteiger partial charge in [-0.15, -0.1) is 0 Å². The highest BCUT2D eigenvalue weighted by Gasteiger charge is 2.40. The normalized spacial score (nSPS) is 22.8. The molecule has 2 amide bonds. The highest BCUT2D eigenvalue weighted by Crippen LogP contribution is 2.39. The van der Waals surface area contributed by atoms with Crippen LogP contribution in [0.25, 0.3) is 0 Å². The predicted molar refractivity (Wildman–Crippen MR) is 107 cm³/mol. The van der Waals surface area contributed by atoms with Crippen LogP contribution in [0.4, 0.5) is 5.69 Å². The van der Waals surface area contributed by atoms with E-state index in [-0.39, 0.29) is 17.2 Å². The van der Waals surface area contributed by atoms with Gasteiger partial charge in [-0.25, -0.2) is 0 Å². The molecule has 3 heterocycles. The molecule has 4 rings (SSSR count). The van der Waals surface area contributed by atoms with Crippen LogP contribution in [0.5, 0.6) is 0 Å². The number of hydrogen-bond donors (Lipinski definition) is 0. The molecular weight excluding hydrogens is 338 g/mol. The Hall–Kier alpha value is -1.88. The summed E-state index contributed by atoms with van der Waals surface area (Å²) in [4.78, 5) is 31.0. The Balaban J connectivity index is 1.36. The maximum Gasteiger partial charge on any atom is 0.241 e. The monoisotopic (exact) mass is 369 g/mol. The van der Waals surface area contributed by atoms with E-state index in [1.54, 1.807) is 0 Å². The van der Waals surface area contributed by atoms with Gasteiger partial charge in [0.25, 0.3) is 0 Å². The molecule has 3 aliphatic heterocycles. The third-order valence-corrected chi connectivity index (χ3v) is 6.80. The van der Waals surface area contributed by atoms with Crippen LogP contribution in [-0.4, -0.2) is 61.4 Å². The molecule has 0 unspecified atom stereocenters. The Kier molecular flexibility index (Phi) is 4.97.